The zero-order valence-electron chi connectivity index (χ0n) is 22.9. The first-order valence-electron chi connectivity index (χ1n) is 13.4. The number of rotatable bonds is 10. The molecule has 3 heterocycles. The average molecular weight is 615 g/mol. The van der Waals surface area contributed by atoms with Crippen molar-refractivity contribution in [2.45, 2.75) is 74.8 Å². The Hall–Kier alpha value is -2.51. The molecule has 1 aliphatic rings. The fraction of sp³-hybridized carbons (Fsp3) is 0.400. The summed E-state index contributed by atoms with van der Waals surface area (Å²) in [6.45, 7) is 3.77. The molecular weight excluding hydrogens is 581 g/mol. The van der Waals surface area contributed by atoms with Gasteiger partial charge in [-0.2, -0.15) is 0 Å². The second-order valence-electron chi connectivity index (χ2n) is 10.3. The lowest BCUT2D eigenvalue weighted by molar-refractivity contribution is -0.139. The first kappa shape index (κ1) is 30.0. The highest BCUT2D eigenvalue weighted by Crippen LogP contribution is 2.35. The summed E-state index contributed by atoms with van der Waals surface area (Å²) >= 11 is 2.92. The smallest absolute Gasteiger partial charge is 0.161 e. The maximum Gasteiger partial charge on any atom is 0.161 e. The van der Waals surface area contributed by atoms with Gasteiger partial charge >= 0.3 is 0 Å². The Morgan fingerprint density at radius 2 is 1.10 bits per heavy atom. The Morgan fingerprint density at radius 1 is 0.707 bits per heavy atom. The third-order valence-corrected chi connectivity index (χ3v) is 11.5. The lowest BCUT2D eigenvalue weighted by atomic mass is 9.94. The van der Waals surface area contributed by atoms with Gasteiger partial charge in [-0.3, -0.25) is 0 Å². The predicted octanol–water partition coefficient (Wildman–Crippen LogP) is 4.06. The molecule has 8 nitrogen and oxygen atoms in total. The van der Waals surface area contributed by atoms with Crippen LogP contribution >= 0.6 is 22.7 Å². The number of nitrogens with zero attached hydrogens (tertiary/aromatic N) is 2. The maximum absolute atomic E-state index is 14.7. The molecular formula is C30H34N2O6S3. The Kier molecular flexibility index (Phi) is 9.65. The monoisotopic (exact) mass is 614 g/mol. The number of hydrogen-bond donors (Lipinski definition) is 2. The van der Waals surface area contributed by atoms with E-state index in [1.807, 2.05) is 85.3 Å². The molecule has 2 aromatic heterocycles. The Bertz CT molecular complexity index is 1400. The number of ether oxygens (including phenoxy) is 2. The van der Waals surface area contributed by atoms with Crippen LogP contribution in [-0.2, 0) is 45.4 Å². The van der Waals surface area contributed by atoms with E-state index >= 15 is 0 Å². The molecule has 0 spiro atoms. The summed E-state index contributed by atoms with van der Waals surface area (Å²) in [6.07, 6.45) is -5.27. The van der Waals surface area contributed by atoms with Crippen LogP contribution in [-0.4, -0.2) is 63.5 Å². The SMILES string of the molecule is Cc1nc(CO[C@@H]2[C@H](O)[C@@H](O)[C@@H](OCc3csc(C)n3)[C@@H](Cc3ccccc3)S(=O)(=O)[C@@H]2Cc2ccccc2)cs1. The molecule has 0 aliphatic carbocycles. The van der Waals surface area contributed by atoms with Gasteiger partial charge in [0.15, 0.2) is 9.84 Å². The Morgan fingerprint density at radius 3 is 1.44 bits per heavy atom. The highest BCUT2D eigenvalue weighted by atomic mass is 32.2. The minimum atomic E-state index is -4.07. The summed E-state index contributed by atoms with van der Waals surface area (Å²) < 4.78 is 41.7. The van der Waals surface area contributed by atoms with Crippen molar-refractivity contribution in [3.05, 3.63) is 104 Å². The van der Waals surface area contributed by atoms with E-state index in [0.29, 0.717) is 11.4 Å². The number of aryl methyl sites for hydroxylation is 2. The van der Waals surface area contributed by atoms with Crippen molar-refractivity contribution in [2.75, 3.05) is 0 Å². The van der Waals surface area contributed by atoms with Crippen LogP contribution < -0.4 is 0 Å². The standard InChI is InChI=1S/C30H34N2O6S3/c1-19-31-23(17-39-19)15-37-29-25(13-21-9-5-3-6-10-21)41(35,36)26(14-22-11-7-4-8-12-22)30(28(34)27(29)33)38-16-24-18-40-20(2)32-24/h3-12,17-18,25-30,33-34H,13-16H2,1-2H3/t25-,26-,27-,28-,29+,30+/m1/s1. The first-order valence-corrected chi connectivity index (χ1v) is 16.8. The topological polar surface area (TPSA) is 119 Å². The first-order chi connectivity index (χ1) is 19.7. The second-order valence-corrected chi connectivity index (χ2v) is 14.8. The van der Waals surface area contributed by atoms with E-state index in [9.17, 15) is 18.6 Å². The van der Waals surface area contributed by atoms with Crippen molar-refractivity contribution >= 4 is 32.5 Å². The molecule has 0 radical (unpaired) electrons. The number of thiazole rings is 2. The van der Waals surface area contributed by atoms with E-state index in [0.717, 1.165) is 21.1 Å². The predicted molar refractivity (Wildman–Crippen MR) is 160 cm³/mol. The largest absolute Gasteiger partial charge is 0.388 e. The molecule has 0 amide bonds. The molecule has 0 saturated carbocycles. The molecule has 41 heavy (non-hydrogen) atoms. The van der Waals surface area contributed by atoms with Gasteiger partial charge in [-0.05, 0) is 37.8 Å². The number of aliphatic hydroxyl groups is 2. The van der Waals surface area contributed by atoms with Gasteiger partial charge in [-0.1, -0.05) is 60.7 Å². The number of sulfone groups is 1. The van der Waals surface area contributed by atoms with Gasteiger partial charge in [0.25, 0.3) is 0 Å². The van der Waals surface area contributed by atoms with E-state index < -0.39 is 44.8 Å². The average Bonchev–Trinajstić information content (AvgIpc) is 3.58. The van der Waals surface area contributed by atoms with E-state index in [-0.39, 0.29) is 26.1 Å². The van der Waals surface area contributed by atoms with Crippen LogP contribution in [0.5, 0.6) is 0 Å². The van der Waals surface area contributed by atoms with Crippen molar-refractivity contribution in [3.8, 4) is 0 Å². The lowest BCUT2D eigenvalue weighted by Crippen LogP contribution is -2.49. The van der Waals surface area contributed by atoms with Crippen LogP contribution in [0, 0.1) is 13.8 Å². The zero-order chi connectivity index (χ0) is 29.0. The van der Waals surface area contributed by atoms with Gasteiger partial charge in [0, 0.05) is 10.8 Å². The van der Waals surface area contributed by atoms with Gasteiger partial charge in [-0.15, -0.1) is 22.7 Å². The van der Waals surface area contributed by atoms with Crippen LogP contribution in [0.25, 0.3) is 0 Å². The van der Waals surface area contributed by atoms with Gasteiger partial charge in [0.1, 0.15) is 24.4 Å². The molecule has 2 N–H and O–H groups in total. The molecule has 1 fully saturated rings. The summed E-state index contributed by atoms with van der Waals surface area (Å²) in [5, 5.41) is 26.3. The van der Waals surface area contributed by atoms with E-state index in [2.05, 4.69) is 9.97 Å². The maximum atomic E-state index is 14.7. The second kappa shape index (κ2) is 13.2. The quantitative estimate of drug-likeness (QED) is 0.275. The minimum Gasteiger partial charge on any atom is -0.388 e. The van der Waals surface area contributed by atoms with Crippen molar-refractivity contribution in [1.29, 1.82) is 0 Å². The molecule has 11 heteroatoms. The van der Waals surface area contributed by atoms with Crippen LogP contribution in [0.4, 0.5) is 0 Å². The minimum absolute atomic E-state index is 0.00652. The normalized spacial score (nSPS) is 26.0. The fourth-order valence-corrected chi connectivity index (χ4v) is 9.03. The van der Waals surface area contributed by atoms with Crippen LogP contribution in [0.3, 0.4) is 0 Å². The van der Waals surface area contributed by atoms with Gasteiger partial charge in [0.2, 0.25) is 0 Å². The van der Waals surface area contributed by atoms with Crippen molar-refractivity contribution in [3.63, 3.8) is 0 Å². The molecule has 218 valence electrons. The molecule has 1 aliphatic heterocycles. The van der Waals surface area contributed by atoms with E-state index in [4.69, 9.17) is 9.47 Å². The zero-order valence-corrected chi connectivity index (χ0v) is 25.3. The fourth-order valence-electron chi connectivity index (χ4n) is 5.31. The van der Waals surface area contributed by atoms with E-state index in [1.54, 1.807) is 0 Å². The Labute approximate surface area is 248 Å². The molecule has 4 aromatic rings. The van der Waals surface area contributed by atoms with Gasteiger partial charge < -0.3 is 19.7 Å². The highest BCUT2D eigenvalue weighted by molar-refractivity contribution is 7.92. The van der Waals surface area contributed by atoms with Crippen molar-refractivity contribution in [1.82, 2.24) is 9.97 Å². The number of hydrogen-bond acceptors (Lipinski definition) is 10. The molecule has 5 rings (SSSR count). The van der Waals surface area contributed by atoms with Crippen molar-refractivity contribution < 1.29 is 28.1 Å². The molecule has 1 saturated heterocycles. The molecule has 2 aromatic carbocycles. The summed E-state index contributed by atoms with van der Waals surface area (Å²) in [6, 6.07) is 18.5. The Balaban J connectivity index is 1.55. The summed E-state index contributed by atoms with van der Waals surface area (Å²) in [5.41, 5.74) is 2.86. The van der Waals surface area contributed by atoms with Gasteiger partial charge in [0.05, 0.1) is 45.1 Å². The summed E-state index contributed by atoms with van der Waals surface area (Å²) in [5.74, 6) is 0. The number of aromatic nitrogens is 2. The molecule has 0 unspecified atom stereocenters. The van der Waals surface area contributed by atoms with Crippen LogP contribution in [0.15, 0.2) is 71.4 Å². The summed E-state index contributed by atoms with van der Waals surface area (Å²) in [7, 11) is -4.07. The number of aliphatic hydroxyl groups excluding tert-OH is 2. The highest BCUT2D eigenvalue weighted by Gasteiger charge is 2.54. The van der Waals surface area contributed by atoms with E-state index in [1.165, 1.54) is 22.7 Å². The van der Waals surface area contributed by atoms with Gasteiger partial charge in [-0.25, -0.2) is 18.4 Å². The molecule has 6 atom stereocenters. The molecule has 0 bridgehead atoms. The van der Waals surface area contributed by atoms with Crippen LogP contribution in [0.2, 0.25) is 0 Å². The van der Waals surface area contributed by atoms with Crippen LogP contribution in [0.1, 0.15) is 32.5 Å². The third kappa shape index (κ3) is 7.11. The number of benzene rings is 2. The summed E-state index contributed by atoms with van der Waals surface area (Å²) in [4.78, 5) is 8.86. The third-order valence-electron chi connectivity index (χ3n) is 7.34. The lowest BCUT2D eigenvalue weighted by Gasteiger charge is -2.30. The van der Waals surface area contributed by atoms with Crippen molar-refractivity contribution in [2.24, 2.45) is 0 Å².